The molecule has 22 heavy (non-hydrogen) atoms. The Hall–Kier alpha value is -2.02. The molecule has 7 heteroatoms. The molecule has 118 valence electrons. The van der Waals surface area contributed by atoms with Gasteiger partial charge in [-0.1, -0.05) is 20.8 Å². The topological polar surface area (TPSA) is 63.3 Å². The molecular weight excluding hydrogens is 306 g/mol. The van der Waals surface area contributed by atoms with Crippen LogP contribution < -0.4 is 11.1 Å². The van der Waals surface area contributed by atoms with Crippen molar-refractivity contribution in [1.29, 1.82) is 0 Å². The van der Waals surface area contributed by atoms with Crippen LogP contribution in [0.4, 0.5) is 14.5 Å². The molecule has 1 aromatic carbocycles. The van der Waals surface area contributed by atoms with E-state index >= 15 is 0 Å². The van der Waals surface area contributed by atoms with Gasteiger partial charge in [0, 0.05) is 16.9 Å². The van der Waals surface area contributed by atoms with E-state index in [-0.39, 0.29) is 23.6 Å². The van der Waals surface area contributed by atoms with Gasteiger partial charge < -0.3 is 11.1 Å². The summed E-state index contributed by atoms with van der Waals surface area (Å²) in [5.74, 6) is -1.13. The Morgan fingerprint density at radius 3 is 2.73 bits per heavy atom. The number of hydrogen-bond acceptors (Lipinski definition) is 3. The first-order valence-electron chi connectivity index (χ1n) is 6.72. The van der Waals surface area contributed by atoms with Crippen molar-refractivity contribution in [2.45, 2.75) is 32.7 Å². The van der Waals surface area contributed by atoms with Gasteiger partial charge in [-0.2, -0.15) is 0 Å². The van der Waals surface area contributed by atoms with Gasteiger partial charge in [0.1, 0.15) is 16.6 Å². The number of anilines is 1. The van der Waals surface area contributed by atoms with E-state index in [1.165, 1.54) is 11.3 Å². The summed E-state index contributed by atoms with van der Waals surface area (Å²) in [5.41, 5.74) is 6.62. The minimum absolute atomic E-state index is 0.0111. The first-order valence-corrected chi connectivity index (χ1v) is 7.60. The van der Waals surface area contributed by atoms with Gasteiger partial charge in [0.25, 0.3) is 0 Å². The molecule has 1 heterocycles. The van der Waals surface area contributed by atoms with Gasteiger partial charge in [0.15, 0.2) is 5.96 Å². The van der Waals surface area contributed by atoms with Crippen LogP contribution in [0.15, 0.2) is 28.6 Å². The van der Waals surface area contributed by atoms with E-state index in [1.54, 1.807) is 0 Å². The Morgan fingerprint density at radius 2 is 2.09 bits per heavy atom. The summed E-state index contributed by atoms with van der Waals surface area (Å²) in [6.45, 7) is 6.53. The number of rotatable bonds is 3. The smallest absolute Gasteiger partial charge is 0.193 e. The number of nitrogens with two attached hydrogens (primary N) is 1. The maximum Gasteiger partial charge on any atom is 0.193 e. The van der Waals surface area contributed by atoms with Crippen molar-refractivity contribution in [2.24, 2.45) is 10.7 Å². The number of aromatic nitrogens is 1. The highest BCUT2D eigenvalue weighted by Crippen LogP contribution is 2.24. The Morgan fingerprint density at radius 1 is 1.36 bits per heavy atom. The van der Waals surface area contributed by atoms with E-state index in [4.69, 9.17) is 5.73 Å². The molecule has 0 aliphatic rings. The monoisotopic (exact) mass is 324 g/mol. The number of thiazole rings is 1. The van der Waals surface area contributed by atoms with Crippen molar-refractivity contribution < 1.29 is 8.78 Å². The highest BCUT2D eigenvalue weighted by molar-refractivity contribution is 7.09. The number of halogens is 2. The molecule has 4 nitrogen and oxygen atoms in total. The van der Waals surface area contributed by atoms with Gasteiger partial charge >= 0.3 is 0 Å². The Labute approximate surface area is 132 Å². The Kier molecular flexibility index (Phi) is 4.75. The molecule has 0 radical (unpaired) electrons. The average Bonchev–Trinajstić information content (AvgIpc) is 2.89. The summed E-state index contributed by atoms with van der Waals surface area (Å²) in [6, 6.07) is 3.09. The van der Waals surface area contributed by atoms with Crippen molar-refractivity contribution in [3.05, 3.63) is 45.9 Å². The fourth-order valence-electron chi connectivity index (χ4n) is 1.65. The molecule has 0 spiro atoms. The summed E-state index contributed by atoms with van der Waals surface area (Å²) in [5, 5.41) is 5.35. The molecule has 0 fully saturated rings. The van der Waals surface area contributed by atoms with E-state index < -0.39 is 11.6 Å². The second kappa shape index (κ2) is 6.39. The van der Waals surface area contributed by atoms with Gasteiger partial charge in [-0.15, -0.1) is 11.3 Å². The summed E-state index contributed by atoms with van der Waals surface area (Å²) >= 11 is 1.49. The van der Waals surface area contributed by atoms with Crippen LogP contribution in [0.2, 0.25) is 0 Å². The number of benzene rings is 1. The van der Waals surface area contributed by atoms with E-state index in [2.05, 4.69) is 36.1 Å². The normalized spacial score (nSPS) is 12.5. The van der Waals surface area contributed by atoms with Gasteiger partial charge in [0.2, 0.25) is 0 Å². The zero-order chi connectivity index (χ0) is 16.3. The maximum atomic E-state index is 13.5. The zero-order valence-electron chi connectivity index (χ0n) is 12.7. The van der Waals surface area contributed by atoms with Crippen molar-refractivity contribution >= 4 is 23.0 Å². The highest BCUT2D eigenvalue weighted by Gasteiger charge is 2.17. The predicted octanol–water partition coefficient (Wildman–Crippen LogP) is 3.65. The van der Waals surface area contributed by atoms with Crippen molar-refractivity contribution in [2.75, 3.05) is 5.32 Å². The highest BCUT2D eigenvalue weighted by atomic mass is 32.1. The molecule has 0 aliphatic heterocycles. The number of hydrogen-bond donors (Lipinski definition) is 2. The molecule has 2 aromatic rings. The minimum atomic E-state index is -0.594. The zero-order valence-corrected chi connectivity index (χ0v) is 13.5. The molecular formula is C15H18F2N4S. The molecule has 1 aromatic heterocycles. The van der Waals surface area contributed by atoms with Gasteiger partial charge in [-0.3, -0.25) is 0 Å². The fraction of sp³-hybridized carbons (Fsp3) is 0.333. The van der Waals surface area contributed by atoms with Crippen LogP contribution in [0.3, 0.4) is 0 Å². The average molecular weight is 324 g/mol. The predicted molar refractivity (Wildman–Crippen MR) is 86.1 cm³/mol. The third-order valence-electron chi connectivity index (χ3n) is 2.90. The minimum Gasteiger partial charge on any atom is -0.370 e. The molecule has 0 saturated heterocycles. The summed E-state index contributed by atoms with van der Waals surface area (Å²) in [4.78, 5) is 8.58. The van der Waals surface area contributed by atoms with Gasteiger partial charge in [-0.25, -0.2) is 18.8 Å². The second-order valence-electron chi connectivity index (χ2n) is 5.83. The first-order chi connectivity index (χ1) is 10.3. The largest absolute Gasteiger partial charge is 0.370 e. The lowest BCUT2D eigenvalue weighted by Crippen LogP contribution is -2.23. The van der Waals surface area contributed by atoms with Gasteiger partial charge in [-0.05, 0) is 12.1 Å². The Bertz CT molecular complexity index is 689. The summed E-state index contributed by atoms with van der Waals surface area (Å²) in [6.07, 6.45) is 0. The van der Waals surface area contributed by atoms with Crippen molar-refractivity contribution in [3.63, 3.8) is 0 Å². The number of aliphatic imine (C=N–C) groups is 1. The summed E-state index contributed by atoms with van der Waals surface area (Å²) < 4.78 is 26.5. The molecule has 0 amide bonds. The van der Waals surface area contributed by atoms with Crippen LogP contribution >= 0.6 is 11.3 Å². The van der Waals surface area contributed by atoms with Gasteiger partial charge in [0.05, 0.1) is 17.9 Å². The van der Waals surface area contributed by atoms with Crippen LogP contribution in [0.25, 0.3) is 0 Å². The lowest BCUT2D eigenvalue weighted by Gasteiger charge is -2.14. The quantitative estimate of drug-likeness (QED) is 0.669. The standard InChI is InChI=1S/C15H18F2N4S/c1-15(2,3)12-8-22-13(21-12)7-19-14(18)20-11-6-9(16)4-5-10(11)17/h4-6,8H,7H2,1-3H3,(H3,18,19,20). The van der Waals surface area contributed by atoms with Crippen LogP contribution in [-0.2, 0) is 12.0 Å². The fourth-order valence-corrected chi connectivity index (χ4v) is 2.60. The second-order valence-corrected chi connectivity index (χ2v) is 6.77. The lowest BCUT2D eigenvalue weighted by atomic mass is 9.93. The lowest BCUT2D eigenvalue weighted by molar-refractivity contribution is 0.571. The van der Waals surface area contributed by atoms with E-state index in [0.29, 0.717) is 0 Å². The van der Waals surface area contributed by atoms with Crippen molar-refractivity contribution in [3.8, 4) is 0 Å². The number of nitrogens with zero attached hydrogens (tertiary/aromatic N) is 2. The molecule has 0 atom stereocenters. The molecule has 0 aliphatic carbocycles. The van der Waals surface area contributed by atoms with E-state index in [0.717, 1.165) is 28.9 Å². The third kappa shape index (κ3) is 4.24. The van der Waals surface area contributed by atoms with Crippen LogP contribution in [0, 0.1) is 11.6 Å². The number of nitrogens with one attached hydrogen (secondary N) is 1. The van der Waals surface area contributed by atoms with Crippen LogP contribution in [-0.4, -0.2) is 10.9 Å². The molecule has 0 saturated carbocycles. The van der Waals surface area contributed by atoms with Crippen LogP contribution in [0.5, 0.6) is 0 Å². The van der Waals surface area contributed by atoms with Crippen molar-refractivity contribution in [1.82, 2.24) is 4.98 Å². The third-order valence-corrected chi connectivity index (χ3v) is 3.73. The Balaban J connectivity index is 2.04. The molecule has 0 unspecified atom stereocenters. The SMILES string of the molecule is CC(C)(C)c1csc(CN=C(N)Nc2cc(F)ccc2F)n1. The summed E-state index contributed by atoms with van der Waals surface area (Å²) in [7, 11) is 0. The van der Waals surface area contributed by atoms with Crippen LogP contribution in [0.1, 0.15) is 31.5 Å². The first kappa shape index (κ1) is 16.4. The molecule has 2 rings (SSSR count). The van der Waals surface area contributed by atoms with E-state index in [1.807, 2.05) is 5.38 Å². The molecule has 3 N–H and O–H groups in total. The van der Waals surface area contributed by atoms with E-state index in [9.17, 15) is 8.78 Å². The number of guanidine groups is 1. The molecule has 0 bridgehead atoms. The maximum absolute atomic E-state index is 13.5.